The molecule has 138 valence electrons. The molecule has 2 atom stereocenters. The van der Waals surface area contributed by atoms with Gasteiger partial charge in [0, 0.05) is 12.1 Å². The Morgan fingerprint density at radius 2 is 1.88 bits per heavy atom. The molecule has 0 radical (unpaired) electrons. The minimum absolute atomic E-state index is 0.0757. The summed E-state index contributed by atoms with van der Waals surface area (Å²) in [6.45, 7) is 1.86. The van der Waals surface area contributed by atoms with E-state index in [1.54, 1.807) is 23.0 Å². The molecule has 1 aromatic heterocycles. The van der Waals surface area contributed by atoms with E-state index in [-0.39, 0.29) is 23.8 Å². The smallest absolute Gasteiger partial charge is 0.254 e. The molecule has 2 bridgehead atoms. The van der Waals surface area contributed by atoms with Gasteiger partial charge in [0.25, 0.3) is 5.91 Å². The molecular formula is C20H25FN4O. The van der Waals surface area contributed by atoms with Crippen LogP contribution in [0.15, 0.2) is 30.5 Å². The van der Waals surface area contributed by atoms with Gasteiger partial charge in [-0.3, -0.25) is 4.79 Å². The summed E-state index contributed by atoms with van der Waals surface area (Å²) in [5.74, 6) is 0.592. The molecule has 26 heavy (non-hydrogen) atoms. The van der Waals surface area contributed by atoms with E-state index in [1.165, 1.54) is 18.6 Å². The number of amides is 1. The van der Waals surface area contributed by atoms with E-state index in [9.17, 15) is 9.18 Å². The van der Waals surface area contributed by atoms with E-state index in [4.69, 9.17) is 5.73 Å². The second-order valence-corrected chi connectivity index (χ2v) is 7.71. The van der Waals surface area contributed by atoms with E-state index < -0.39 is 0 Å². The summed E-state index contributed by atoms with van der Waals surface area (Å²) >= 11 is 0. The van der Waals surface area contributed by atoms with E-state index >= 15 is 0 Å². The van der Waals surface area contributed by atoms with Gasteiger partial charge in [0.15, 0.2) is 0 Å². The van der Waals surface area contributed by atoms with Crippen LogP contribution in [-0.2, 0) is 0 Å². The molecule has 3 N–H and O–H groups in total. The van der Waals surface area contributed by atoms with Crippen molar-refractivity contribution in [1.29, 1.82) is 0 Å². The SMILES string of the molecule is Cc1c(C(=O)NC2C3CCCC2CC(N)C3)cnn1-c1ccc(F)cc1. The van der Waals surface area contributed by atoms with Crippen molar-refractivity contribution in [2.75, 3.05) is 0 Å². The molecule has 5 nitrogen and oxygen atoms in total. The van der Waals surface area contributed by atoms with Crippen LogP contribution in [0.25, 0.3) is 5.69 Å². The van der Waals surface area contributed by atoms with Crippen molar-refractivity contribution in [3.63, 3.8) is 0 Å². The fraction of sp³-hybridized carbons (Fsp3) is 0.500. The lowest BCUT2D eigenvalue weighted by Gasteiger charge is -2.45. The van der Waals surface area contributed by atoms with Crippen molar-refractivity contribution in [1.82, 2.24) is 15.1 Å². The fourth-order valence-corrected chi connectivity index (χ4v) is 4.73. The number of aromatic nitrogens is 2. The Labute approximate surface area is 152 Å². The molecule has 1 heterocycles. The molecule has 1 aromatic carbocycles. The predicted molar refractivity (Wildman–Crippen MR) is 97.6 cm³/mol. The number of fused-ring (bicyclic) bond motifs is 2. The highest BCUT2D eigenvalue weighted by Crippen LogP contribution is 2.39. The average molecular weight is 356 g/mol. The van der Waals surface area contributed by atoms with Gasteiger partial charge >= 0.3 is 0 Å². The molecule has 2 saturated carbocycles. The molecule has 2 aliphatic carbocycles. The number of nitrogens with two attached hydrogens (primary N) is 1. The highest BCUT2D eigenvalue weighted by molar-refractivity contribution is 5.95. The van der Waals surface area contributed by atoms with Crippen LogP contribution in [0.3, 0.4) is 0 Å². The summed E-state index contributed by atoms with van der Waals surface area (Å²) in [4.78, 5) is 12.9. The van der Waals surface area contributed by atoms with Gasteiger partial charge in [0.1, 0.15) is 5.82 Å². The van der Waals surface area contributed by atoms with Crippen molar-refractivity contribution in [2.24, 2.45) is 17.6 Å². The lowest BCUT2D eigenvalue weighted by atomic mass is 9.67. The van der Waals surface area contributed by atoms with Crippen LogP contribution in [0, 0.1) is 24.6 Å². The zero-order valence-corrected chi connectivity index (χ0v) is 15.0. The van der Waals surface area contributed by atoms with Crippen LogP contribution < -0.4 is 11.1 Å². The van der Waals surface area contributed by atoms with Crippen LogP contribution in [0.5, 0.6) is 0 Å². The number of halogens is 1. The van der Waals surface area contributed by atoms with Crippen LogP contribution in [0.4, 0.5) is 4.39 Å². The normalized spacial score (nSPS) is 28.0. The van der Waals surface area contributed by atoms with E-state index in [2.05, 4.69) is 10.4 Å². The number of nitrogens with one attached hydrogen (secondary N) is 1. The standard InChI is InChI=1S/C20H25FN4O/c1-12-18(11-23-25(12)17-7-5-15(21)6-8-17)20(26)24-19-13-3-2-4-14(19)10-16(22)9-13/h5-8,11,13-14,16,19H,2-4,9-10,22H2,1H3,(H,24,26). The number of hydrogen-bond acceptors (Lipinski definition) is 3. The fourth-order valence-electron chi connectivity index (χ4n) is 4.73. The predicted octanol–water partition coefficient (Wildman–Crippen LogP) is 2.96. The van der Waals surface area contributed by atoms with Crippen molar-refractivity contribution in [3.05, 3.63) is 47.5 Å². The maximum absolute atomic E-state index is 13.1. The molecule has 6 heteroatoms. The van der Waals surface area contributed by atoms with Gasteiger partial charge in [0.05, 0.1) is 23.1 Å². The number of nitrogens with zero attached hydrogens (tertiary/aromatic N) is 2. The minimum Gasteiger partial charge on any atom is -0.349 e. The Morgan fingerprint density at radius 1 is 1.23 bits per heavy atom. The Kier molecular flexibility index (Phi) is 4.53. The van der Waals surface area contributed by atoms with Crippen molar-refractivity contribution >= 4 is 5.91 Å². The molecule has 2 aliphatic rings. The Hall–Kier alpha value is -2.21. The van der Waals surface area contributed by atoms with Crippen LogP contribution in [-0.4, -0.2) is 27.8 Å². The molecular weight excluding hydrogens is 331 g/mol. The lowest BCUT2D eigenvalue weighted by Crippen LogP contribution is -2.53. The lowest BCUT2D eigenvalue weighted by molar-refractivity contribution is 0.0755. The molecule has 0 aliphatic heterocycles. The van der Waals surface area contributed by atoms with Gasteiger partial charge in [0.2, 0.25) is 0 Å². The number of benzene rings is 1. The maximum Gasteiger partial charge on any atom is 0.254 e. The van der Waals surface area contributed by atoms with Crippen molar-refractivity contribution in [3.8, 4) is 5.69 Å². The zero-order chi connectivity index (χ0) is 18.3. The van der Waals surface area contributed by atoms with Crippen molar-refractivity contribution < 1.29 is 9.18 Å². The maximum atomic E-state index is 13.1. The summed E-state index contributed by atoms with van der Waals surface area (Å²) in [5.41, 5.74) is 8.25. The van der Waals surface area contributed by atoms with Crippen LogP contribution >= 0.6 is 0 Å². The minimum atomic E-state index is -0.293. The summed E-state index contributed by atoms with van der Waals surface area (Å²) in [6.07, 6.45) is 7.10. The Balaban J connectivity index is 1.53. The monoisotopic (exact) mass is 356 g/mol. The molecule has 1 amide bonds. The first-order valence-electron chi connectivity index (χ1n) is 9.40. The first kappa shape index (κ1) is 17.2. The Morgan fingerprint density at radius 3 is 2.54 bits per heavy atom. The number of rotatable bonds is 3. The van der Waals surface area contributed by atoms with Gasteiger partial charge in [-0.25, -0.2) is 9.07 Å². The van der Waals surface area contributed by atoms with Gasteiger partial charge in [-0.05, 0) is 68.7 Å². The first-order valence-corrected chi connectivity index (χ1v) is 9.40. The summed E-state index contributed by atoms with van der Waals surface area (Å²) in [5, 5.41) is 7.59. The summed E-state index contributed by atoms with van der Waals surface area (Å²) < 4.78 is 14.8. The van der Waals surface area contributed by atoms with Gasteiger partial charge < -0.3 is 11.1 Å². The van der Waals surface area contributed by atoms with Gasteiger partial charge in [-0.15, -0.1) is 0 Å². The average Bonchev–Trinajstić information content (AvgIpc) is 2.98. The van der Waals surface area contributed by atoms with Gasteiger partial charge in [-0.1, -0.05) is 6.42 Å². The summed E-state index contributed by atoms with van der Waals surface area (Å²) in [7, 11) is 0. The Bertz CT molecular complexity index is 787. The first-order chi connectivity index (χ1) is 12.5. The van der Waals surface area contributed by atoms with Crippen molar-refractivity contribution in [2.45, 2.75) is 51.1 Å². The second-order valence-electron chi connectivity index (χ2n) is 7.71. The molecule has 4 rings (SSSR count). The number of carbonyl (C=O) groups excluding carboxylic acids is 1. The molecule has 2 unspecified atom stereocenters. The summed E-state index contributed by atoms with van der Waals surface area (Å²) in [6, 6.07) is 6.57. The zero-order valence-electron chi connectivity index (χ0n) is 15.0. The highest BCUT2D eigenvalue weighted by atomic mass is 19.1. The molecule has 0 saturated heterocycles. The van der Waals surface area contributed by atoms with Gasteiger partial charge in [-0.2, -0.15) is 5.10 Å². The quantitative estimate of drug-likeness (QED) is 0.888. The molecule has 2 fully saturated rings. The molecule has 2 aromatic rings. The van der Waals surface area contributed by atoms with E-state index in [0.29, 0.717) is 17.4 Å². The third-order valence-corrected chi connectivity index (χ3v) is 6.00. The van der Waals surface area contributed by atoms with E-state index in [1.807, 2.05) is 6.92 Å². The third kappa shape index (κ3) is 3.14. The largest absolute Gasteiger partial charge is 0.349 e. The topological polar surface area (TPSA) is 72.9 Å². The third-order valence-electron chi connectivity index (χ3n) is 6.00. The van der Waals surface area contributed by atoms with E-state index in [0.717, 1.165) is 37.1 Å². The van der Waals surface area contributed by atoms with Crippen LogP contribution in [0.2, 0.25) is 0 Å². The number of hydrogen-bond donors (Lipinski definition) is 2. The second kappa shape index (κ2) is 6.83. The van der Waals surface area contributed by atoms with Crippen LogP contribution in [0.1, 0.15) is 48.2 Å². The number of carbonyl (C=O) groups is 1. The molecule has 0 spiro atoms. The highest BCUT2D eigenvalue weighted by Gasteiger charge is 2.40.